The lowest BCUT2D eigenvalue weighted by Gasteiger charge is -2.26. The molecular formula is C18H30N2O2. The van der Waals surface area contributed by atoms with Crippen LogP contribution in [-0.4, -0.2) is 42.8 Å². The zero-order valence-electron chi connectivity index (χ0n) is 14.4. The second-order valence-corrected chi connectivity index (χ2v) is 6.40. The van der Waals surface area contributed by atoms with Crippen molar-refractivity contribution >= 4 is 6.09 Å². The summed E-state index contributed by atoms with van der Waals surface area (Å²) < 4.78 is 5.39. The molecule has 0 spiro atoms. The lowest BCUT2D eigenvalue weighted by atomic mass is 10.1. The van der Waals surface area contributed by atoms with Gasteiger partial charge < -0.3 is 15.0 Å². The second kappa shape index (κ2) is 9.46. The molecule has 0 fully saturated rings. The van der Waals surface area contributed by atoms with Gasteiger partial charge in [0.25, 0.3) is 0 Å². The molecular weight excluding hydrogens is 276 g/mol. The van der Waals surface area contributed by atoms with Crippen molar-refractivity contribution in [3.8, 4) is 0 Å². The Morgan fingerprint density at radius 2 is 1.86 bits per heavy atom. The first kappa shape index (κ1) is 18.5. The summed E-state index contributed by atoms with van der Waals surface area (Å²) in [6.07, 6.45) is 1.74. The summed E-state index contributed by atoms with van der Waals surface area (Å²) in [7, 11) is 0. The molecule has 1 amide bonds. The summed E-state index contributed by atoms with van der Waals surface area (Å²) in [5, 5.41) is 3.42. The highest BCUT2D eigenvalue weighted by Crippen LogP contribution is 2.10. The quantitative estimate of drug-likeness (QED) is 0.748. The molecule has 1 rings (SSSR count). The number of carbonyl (C=O) groups is 1. The molecule has 0 aliphatic rings. The Hall–Kier alpha value is -1.55. The average Bonchev–Trinajstić information content (AvgIpc) is 2.45. The first-order chi connectivity index (χ1) is 10.4. The van der Waals surface area contributed by atoms with Gasteiger partial charge in [-0.3, -0.25) is 0 Å². The van der Waals surface area contributed by atoms with Crippen molar-refractivity contribution in [2.24, 2.45) is 0 Å². The van der Waals surface area contributed by atoms with Gasteiger partial charge in [-0.15, -0.1) is 0 Å². The minimum absolute atomic E-state index is 0.223. The third-order valence-electron chi connectivity index (χ3n) is 3.25. The molecule has 1 aromatic carbocycles. The lowest BCUT2D eigenvalue weighted by Crippen LogP contribution is -2.38. The first-order valence-electron chi connectivity index (χ1n) is 8.15. The molecule has 0 atom stereocenters. The molecule has 1 N–H and O–H groups in total. The smallest absolute Gasteiger partial charge is 0.410 e. The third kappa shape index (κ3) is 8.03. The molecule has 4 nitrogen and oxygen atoms in total. The van der Waals surface area contributed by atoms with Crippen LogP contribution in [0.25, 0.3) is 0 Å². The number of rotatable bonds is 8. The fourth-order valence-electron chi connectivity index (χ4n) is 2.10. The van der Waals surface area contributed by atoms with Gasteiger partial charge in [-0.1, -0.05) is 30.3 Å². The largest absolute Gasteiger partial charge is 0.444 e. The van der Waals surface area contributed by atoms with Crippen molar-refractivity contribution in [3.63, 3.8) is 0 Å². The van der Waals surface area contributed by atoms with Crippen molar-refractivity contribution in [2.45, 2.75) is 46.1 Å². The van der Waals surface area contributed by atoms with E-state index in [2.05, 4.69) is 29.6 Å². The number of amides is 1. The summed E-state index contributed by atoms with van der Waals surface area (Å²) >= 11 is 0. The molecule has 22 heavy (non-hydrogen) atoms. The summed E-state index contributed by atoms with van der Waals surface area (Å²) in [5.41, 5.74) is 0.914. The van der Waals surface area contributed by atoms with Crippen LogP contribution in [0, 0.1) is 0 Å². The Morgan fingerprint density at radius 3 is 2.45 bits per heavy atom. The number of carbonyl (C=O) groups excluding carboxylic acids is 1. The minimum Gasteiger partial charge on any atom is -0.444 e. The molecule has 0 aromatic heterocycles. The number of nitrogens with zero attached hydrogens (tertiary/aromatic N) is 1. The fraction of sp³-hybridized carbons (Fsp3) is 0.611. The number of benzene rings is 1. The van der Waals surface area contributed by atoms with E-state index in [-0.39, 0.29) is 6.09 Å². The van der Waals surface area contributed by atoms with Gasteiger partial charge in [-0.05, 0) is 59.2 Å². The maximum atomic E-state index is 12.0. The summed E-state index contributed by atoms with van der Waals surface area (Å²) in [6.45, 7) is 10.9. The van der Waals surface area contributed by atoms with Crippen molar-refractivity contribution in [1.29, 1.82) is 0 Å². The van der Waals surface area contributed by atoms with Crippen LogP contribution in [0.3, 0.4) is 0 Å². The zero-order chi connectivity index (χ0) is 16.4. The summed E-state index contributed by atoms with van der Waals surface area (Å²) in [5.74, 6) is 0. The van der Waals surface area contributed by atoms with Crippen molar-refractivity contribution in [1.82, 2.24) is 10.2 Å². The highest BCUT2D eigenvalue weighted by atomic mass is 16.6. The standard InChI is InChI=1S/C18H30N2O2/c1-5-20(17(21)22-18(2,3)4)15-9-13-19-14-12-16-10-7-6-8-11-16/h6-8,10-11,19H,5,9,12-15H2,1-4H3. The molecule has 0 saturated heterocycles. The van der Waals surface area contributed by atoms with Crippen LogP contribution in [0.5, 0.6) is 0 Å². The summed E-state index contributed by atoms with van der Waals surface area (Å²) in [4.78, 5) is 13.7. The lowest BCUT2D eigenvalue weighted by molar-refractivity contribution is 0.0258. The number of nitrogens with one attached hydrogen (secondary N) is 1. The van der Waals surface area contributed by atoms with Crippen LogP contribution in [0.4, 0.5) is 4.79 Å². The van der Waals surface area contributed by atoms with E-state index in [0.29, 0.717) is 6.54 Å². The van der Waals surface area contributed by atoms with Gasteiger partial charge in [0, 0.05) is 13.1 Å². The first-order valence-corrected chi connectivity index (χ1v) is 8.15. The van der Waals surface area contributed by atoms with E-state index in [4.69, 9.17) is 4.74 Å². The van der Waals surface area contributed by atoms with Gasteiger partial charge in [-0.2, -0.15) is 0 Å². The normalized spacial score (nSPS) is 11.3. The molecule has 0 radical (unpaired) electrons. The molecule has 124 valence electrons. The second-order valence-electron chi connectivity index (χ2n) is 6.40. The van der Waals surface area contributed by atoms with Crippen LogP contribution in [-0.2, 0) is 11.2 Å². The third-order valence-corrected chi connectivity index (χ3v) is 3.25. The Kier molecular flexibility index (Phi) is 7.96. The van der Waals surface area contributed by atoms with Crippen LogP contribution in [0.1, 0.15) is 39.7 Å². The molecule has 0 aliphatic carbocycles. The van der Waals surface area contributed by atoms with Gasteiger partial charge in [-0.25, -0.2) is 4.79 Å². The minimum atomic E-state index is -0.432. The monoisotopic (exact) mass is 306 g/mol. The van der Waals surface area contributed by atoms with E-state index >= 15 is 0 Å². The highest BCUT2D eigenvalue weighted by Gasteiger charge is 2.20. The zero-order valence-corrected chi connectivity index (χ0v) is 14.4. The van der Waals surface area contributed by atoms with Crippen molar-refractivity contribution in [2.75, 3.05) is 26.2 Å². The number of ether oxygens (including phenoxy) is 1. The van der Waals surface area contributed by atoms with Crippen molar-refractivity contribution in [3.05, 3.63) is 35.9 Å². The number of hydrogen-bond donors (Lipinski definition) is 1. The van der Waals surface area contributed by atoms with E-state index in [9.17, 15) is 4.79 Å². The predicted molar refractivity (Wildman–Crippen MR) is 91.1 cm³/mol. The van der Waals surface area contributed by atoms with E-state index in [0.717, 1.165) is 32.5 Å². The van der Waals surface area contributed by atoms with E-state index in [1.807, 2.05) is 33.8 Å². The van der Waals surface area contributed by atoms with E-state index in [1.54, 1.807) is 4.90 Å². The highest BCUT2D eigenvalue weighted by molar-refractivity contribution is 5.68. The van der Waals surface area contributed by atoms with E-state index in [1.165, 1.54) is 5.56 Å². The van der Waals surface area contributed by atoms with Gasteiger partial charge >= 0.3 is 6.09 Å². The topological polar surface area (TPSA) is 41.6 Å². The van der Waals surface area contributed by atoms with Crippen LogP contribution in [0.2, 0.25) is 0 Å². The van der Waals surface area contributed by atoms with Gasteiger partial charge in [0.05, 0.1) is 0 Å². The average molecular weight is 306 g/mol. The molecule has 0 unspecified atom stereocenters. The molecule has 0 heterocycles. The van der Waals surface area contributed by atoms with Gasteiger partial charge in [0.2, 0.25) is 0 Å². The Bertz CT molecular complexity index is 426. The molecule has 1 aromatic rings. The Labute approximate surface area is 134 Å². The predicted octanol–water partition coefficient (Wildman–Crippen LogP) is 3.47. The number of hydrogen-bond acceptors (Lipinski definition) is 3. The van der Waals surface area contributed by atoms with Crippen molar-refractivity contribution < 1.29 is 9.53 Å². The Morgan fingerprint density at radius 1 is 1.18 bits per heavy atom. The maximum Gasteiger partial charge on any atom is 0.410 e. The Balaban J connectivity index is 2.15. The van der Waals surface area contributed by atoms with Crippen LogP contribution < -0.4 is 5.32 Å². The molecule has 0 saturated carbocycles. The SMILES string of the molecule is CCN(CCCNCCc1ccccc1)C(=O)OC(C)(C)C. The van der Waals surface area contributed by atoms with Crippen LogP contribution >= 0.6 is 0 Å². The van der Waals surface area contributed by atoms with E-state index < -0.39 is 5.60 Å². The summed E-state index contributed by atoms with van der Waals surface area (Å²) in [6, 6.07) is 10.4. The molecule has 0 bridgehead atoms. The molecule has 0 aliphatic heterocycles. The molecule has 4 heteroatoms. The van der Waals surface area contributed by atoms with Gasteiger partial charge in [0.1, 0.15) is 5.60 Å². The fourth-order valence-corrected chi connectivity index (χ4v) is 2.10. The maximum absolute atomic E-state index is 12.0. The van der Waals surface area contributed by atoms with Gasteiger partial charge in [0.15, 0.2) is 0 Å². The van der Waals surface area contributed by atoms with Crippen LogP contribution in [0.15, 0.2) is 30.3 Å².